The number of carbonyl (C=O) groups excluding carboxylic acids is 1. The van der Waals surface area contributed by atoms with Gasteiger partial charge < -0.3 is 10.2 Å². The first-order valence-electron chi connectivity index (χ1n) is 9.63. The highest BCUT2D eigenvalue weighted by atomic mass is 19.4. The van der Waals surface area contributed by atoms with Crippen LogP contribution < -0.4 is 10.2 Å². The minimum absolute atomic E-state index is 0.0379. The van der Waals surface area contributed by atoms with Gasteiger partial charge in [0.25, 0.3) is 5.91 Å². The van der Waals surface area contributed by atoms with Crippen LogP contribution in [-0.4, -0.2) is 44.6 Å². The molecule has 0 bridgehead atoms. The number of carbonyl (C=O) groups is 1. The fourth-order valence-electron chi connectivity index (χ4n) is 3.69. The Kier molecular flexibility index (Phi) is 5.08. The van der Waals surface area contributed by atoms with E-state index in [1.807, 2.05) is 24.8 Å². The quantitative estimate of drug-likeness (QED) is 0.707. The number of rotatable bonds is 3. The number of nitrogens with one attached hydrogen (secondary N) is 1. The smallest absolute Gasteiger partial charge is 0.356 e. The van der Waals surface area contributed by atoms with Gasteiger partial charge in [-0.1, -0.05) is 0 Å². The Morgan fingerprint density at radius 3 is 2.53 bits per heavy atom. The molecule has 3 aromatic rings. The normalized spacial score (nSPS) is 15.6. The summed E-state index contributed by atoms with van der Waals surface area (Å²) in [6.45, 7) is 4.96. The van der Waals surface area contributed by atoms with E-state index >= 15 is 0 Å². The molecule has 4 rings (SSSR count). The minimum atomic E-state index is -4.40. The van der Waals surface area contributed by atoms with Crippen LogP contribution in [0.2, 0.25) is 0 Å². The zero-order valence-corrected chi connectivity index (χ0v) is 16.6. The van der Waals surface area contributed by atoms with Crippen LogP contribution in [0.5, 0.6) is 0 Å². The molecule has 7 nitrogen and oxygen atoms in total. The number of piperidine rings is 1. The van der Waals surface area contributed by atoms with Gasteiger partial charge in [0.05, 0.1) is 11.8 Å². The maximum atomic E-state index is 12.8. The molecule has 30 heavy (non-hydrogen) atoms. The van der Waals surface area contributed by atoms with Crippen molar-refractivity contribution in [2.45, 2.75) is 38.9 Å². The van der Waals surface area contributed by atoms with Crippen molar-refractivity contribution in [2.75, 3.05) is 18.0 Å². The summed E-state index contributed by atoms with van der Waals surface area (Å²) >= 11 is 0. The first-order valence-corrected chi connectivity index (χ1v) is 9.63. The third kappa shape index (κ3) is 3.94. The average molecular weight is 418 g/mol. The Morgan fingerprint density at radius 1 is 1.17 bits per heavy atom. The van der Waals surface area contributed by atoms with Crippen molar-refractivity contribution in [3.8, 4) is 0 Å². The van der Waals surface area contributed by atoms with Gasteiger partial charge in [-0.15, -0.1) is 0 Å². The summed E-state index contributed by atoms with van der Waals surface area (Å²) < 4.78 is 39.7. The number of anilines is 1. The third-order valence-corrected chi connectivity index (χ3v) is 5.25. The van der Waals surface area contributed by atoms with Crippen LogP contribution in [0.4, 0.5) is 19.0 Å². The SMILES string of the molecule is Cc1cc(C)n2ncc(C(=O)NC3CCN(c4ccc(C(F)(F)F)cn4)CC3)c2n1. The topological polar surface area (TPSA) is 75.4 Å². The standard InChI is InChI=1S/C20H21F3N6O/c1-12-9-13(2)29-18(26-12)16(11-25-29)19(30)27-15-5-7-28(8-6-15)17-4-3-14(10-24-17)20(21,22)23/h3-4,9-11,15H,5-8H2,1-2H3,(H,27,30). The summed E-state index contributed by atoms with van der Waals surface area (Å²) in [6.07, 6.45) is -0.693. The van der Waals surface area contributed by atoms with Gasteiger partial charge in [-0.2, -0.15) is 18.3 Å². The van der Waals surface area contributed by atoms with Crippen LogP contribution in [0.1, 0.15) is 40.2 Å². The first kappa shape index (κ1) is 20.1. The molecule has 158 valence electrons. The number of nitrogens with zero attached hydrogens (tertiary/aromatic N) is 5. The van der Waals surface area contributed by atoms with Crippen molar-refractivity contribution in [1.29, 1.82) is 0 Å². The van der Waals surface area contributed by atoms with E-state index < -0.39 is 11.7 Å². The van der Waals surface area contributed by atoms with Crippen molar-refractivity contribution in [3.63, 3.8) is 0 Å². The lowest BCUT2D eigenvalue weighted by Crippen LogP contribution is -2.45. The molecule has 0 atom stereocenters. The third-order valence-electron chi connectivity index (χ3n) is 5.25. The molecule has 1 amide bonds. The van der Waals surface area contributed by atoms with Gasteiger partial charge in [-0.25, -0.2) is 14.5 Å². The van der Waals surface area contributed by atoms with Crippen LogP contribution in [-0.2, 0) is 6.18 Å². The Bertz CT molecular complexity index is 1070. The monoisotopic (exact) mass is 418 g/mol. The average Bonchev–Trinajstić information content (AvgIpc) is 3.12. The molecule has 0 radical (unpaired) electrons. The molecule has 0 aromatic carbocycles. The zero-order chi connectivity index (χ0) is 21.5. The van der Waals surface area contributed by atoms with Crippen molar-refractivity contribution in [3.05, 3.63) is 53.1 Å². The van der Waals surface area contributed by atoms with E-state index in [-0.39, 0.29) is 11.9 Å². The highest BCUT2D eigenvalue weighted by molar-refractivity contribution is 5.99. The number of pyridine rings is 1. The molecule has 0 aliphatic carbocycles. The molecule has 0 spiro atoms. The lowest BCUT2D eigenvalue weighted by molar-refractivity contribution is -0.137. The van der Waals surface area contributed by atoms with E-state index in [1.165, 1.54) is 12.3 Å². The lowest BCUT2D eigenvalue weighted by atomic mass is 10.0. The van der Waals surface area contributed by atoms with Crippen LogP contribution in [0.15, 0.2) is 30.6 Å². The maximum absolute atomic E-state index is 12.8. The van der Waals surface area contributed by atoms with Crippen LogP contribution in [0.25, 0.3) is 5.65 Å². The number of hydrogen-bond acceptors (Lipinski definition) is 5. The predicted molar refractivity (Wildman–Crippen MR) is 104 cm³/mol. The Hall–Kier alpha value is -3.17. The van der Waals surface area contributed by atoms with Crippen LogP contribution in [0, 0.1) is 13.8 Å². The van der Waals surface area contributed by atoms with Crippen molar-refractivity contribution in [2.24, 2.45) is 0 Å². The molecule has 1 N–H and O–H groups in total. The van der Waals surface area contributed by atoms with Gasteiger partial charge in [0, 0.05) is 36.7 Å². The Balaban J connectivity index is 1.39. The Labute approximate surface area is 170 Å². The van der Waals surface area contributed by atoms with Crippen molar-refractivity contribution < 1.29 is 18.0 Å². The number of aryl methyl sites for hydroxylation is 2. The number of halogens is 3. The number of aromatic nitrogens is 4. The fourth-order valence-corrected chi connectivity index (χ4v) is 3.69. The minimum Gasteiger partial charge on any atom is -0.356 e. The summed E-state index contributed by atoms with van der Waals surface area (Å²) in [7, 11) is 0. The van der Waals surface area contributed by atoms with E-state index in [2.05, 4.69) is 20.4 Å². The van der Waals surface area contributed by atoms with E-state index in [9.17, 15) is 18.0 Å². The highest BCUT2D eigenvalue weighted by Crippen LogP contribution is 2.29. The summed E-state index contributed by atoms with van der Waals surface area (Å²) in [4.78, 5) is 23.1. The summed E-state index contributed by atoms with van der Waals surface area (Å²) in [5.74, 6) is 0.277. The summed E-state index contributed by atoms with van der Waals surface area (Å²) in [5.41, 5.74) is 1.90. The molecule has 3 aromatic heterocycles. The molecule has 1 aliphatic rings. The number of alkyl halides is 3. The zero-order valence-electron chi connectivity index (χ0n) is 16.6. The van der Waals surface area contributed by atoms with Gasteiger partial charge in [-0.05, 0) is 44.9 Å². The van der Waals surface area contributed by atoms with Gasteiger partial charge in [0.1, 0.15) is 11.4 Å². The van der Waals surface area contributed by atoms with E-state index in [0.29, 0.717) is 43.0 Å². The number of hydrogen-bond donors (Lipinski definition) is 1. The van der Waals surface area contributed by atoms with Gasteiger partial charge in [-0.3, -0.25) is 4.79 Å². The van der Waals surface area contributed by atoms with Gasteiger partial charge in [0.15, 0.2) is 5.65 Å². The van der Waals surface area contributed by atoms with Crippen LogP contribution in [0.3, 0.4) is 0 Å². The lowest BCUT2D eigenvalue weighted by Gasteiger charge is -2.33. The number of fused-ring (bicyclic) bond motifs is 1. The molecule has 0 saturated carbocycles. The second-order valence-corrected chi connectivity index (χ2v) is 7.47. The highest BCUT2D eigenvalue weighted by Gasteiger charge is 2.31. The Morgan fingerprint density at radius 2 is 1.90 bits per heavy atom. The van der Waals surface area contributed by atoms with E-state index in [0.717, 1.165) is 23.7 Å². The van der Waals surface area contributed by atoms with Gasteiger partial charge >= 0.3 is 6.18 Å². The largest absolute Gasteiger partial charge is 0.417 e. The molecule has 1 aliphatic heterocycles. The van der Waals surface area contributed by atoms with E-state index in [4.69, 9.17) is 0 Å². The molecule has 4 heterocycles. The van der Waals surface area contributed by atoms with Crippen molar-refractivity contribution in [1.82, 2.24) is 24.9 Å². The number of amides is 1. The van der Waals surface area contributed by atoms with E-state index in [1.54, 1.807) is 4.52 Å². The van der Waals surface area contributed by atoms with Crippen molar-refractivity contribution >= 4 is 17.4 Å². The van der Waals surface area contributed by atoms with Crippen LogP contribution >= 0.6 is 0 Å². The second kappa shape index (κ2) is 7.58. The second-order valence-electron chi connectivity index (χ2n) is 7.47. The molecule has 1 saturated heterocycles. The molecule has 10 heteroatoms. The predicted octanol–water partition coefficient (Wildman–Crippen LogP) is 3.16. The molecular formula is C20H21F3N6O. The molecule has 1 fully saturated rings. The first-order chi connectivity index (χ1) is 14.2. The summed E-state index contributed by atoms with van der Waals surface area (Å²) in [5, 5.41) is 7.27. The van der Waals surface area contributed by atoms with Gasteiger partial charge in [0.2, 0.25) is 0 Å². The molecule has 0 unspecified atom stereocenters. The molecular weight excluding hydrogens is 397 g/mol. The maximum Gasteiger partial charge on any atom is 0.417 e. The summed E-state index contributed by atoms with van der Waals surface area (Å²) in [6, 6.07) is 4.28. The fraction of sp³-hybridized carbons (Fsp3) is 0.400.